The summed E-state index contributed by atoms with van der Waals surface area (Å²) in [6.45, 7) is 10.1. The molecule has 1 spiro atoms. The predicted molar refractivity (Wildman–Crippen MR) is 104 cm³/mol. The first kappa shape index (κ1) is 18.3. The van der Waals surface area contributed by atoms with E-state index >= 15 is 0 Å². The number of amides is 2. The number of hydrogen-bond donors (Lipinski definition) is 0. The van der Waals surface area contributed by atoms with Crippen LogP contribution in [0.4, 0.5) is 4.79 Å². The van der Waals surface area contributed by atoms with E-state index in [-0.39, 0.29) is 12.0 Å². The number of ether oxygens (including phenoxy) is 1. The van der Waals surface area contributed by atoms with Crippen molar-refractivity contribution in [2.75, 3.05) is 20.1 Å². The number of benzene rings is 1. The molecular formula is C22H30N2O3. The molecule has 0 bridgehead atoms. The van der Waals surface area contributed by atoms with E-state index in [0.29, 0.717) is 11.3 Å². The van der Waals surface area contributed by atoms with Gasteiger partial charge in [-0.2, -0.15) is 0 Å². The van der Waals surface area contributed by atoms with Crippen LogP contribution in [0.15, 0.2) is 12.1 Å². The van der Waals surface area contributed by atoms with Gasteiger partial charge in [0.15, 0.2) is 0 Å². The fourth-order valence-electron chi connectivity index (χ4n) is 5.08. The molecule has 1 aromatic carbocycles. The molecule has 27 heavy (non-hydrogen) atoms. The number of rotatable bonds is 2. The van der Waals surface area contributed by atoms with Gasteiger partial charge in [-0.05, 0) is 69.6 Å². The summed E-state index contributed by atoms with van der Waals surface area (Å²) in [5.41, 5.74) is 4.44. The lowest BCUT2D eigenvalue weighted by Crippen LogP contribution is -2.64. The third-order valence-electron chi connectivity index (χ3n) is 6.23. The highest BCUT2D eigenvalue weighted by Gasteiger charge is 2.54. The van der Waals surface area contributed by atoms with Crippen molar-refractivity contribution >= 4 is 12.0 Å². The minimum atomic E-state index is -0.432. The van der Waals surface area contributed by atoms with E-state index in [0.717, 1.165) is 37.2 Å². The molecule has 1 saturated carbocycles. The van der Waals surface area contributed by atoms with Gasteiger partial charge in [-0.3, -0.25) is 4.79 Å². The number of hydrogen-bond acceptors (Lipinski definition) is 3. The molecule has 1 aromatic rings. The first-order valence-corrected chi connectivity index (χ1v) is 9.92. The van der Waals surface area contributed by atoms with E-state index < -0.39 is 5.60 Å². The van der Waals surface area contributed by atoms with Gasteiger partial charge >= 0.3 is 6.09 Å². The van der Waals surface area contributed by atoms with Crippen molar-refractivity contribution < 1.29 is 14.3 Å². The number of likely N-dealkylation sites (tertiary alicyclic amines) is 1. The van der Waals surface area contributed by atoms with Crippen LogP contribution >= 0.6 is 0 Å². The Labute approximate surface area is 161 Å². The quantitative estimate of drug-likeness (QED) is 0.796. The highest BCUT2D eigenvalue weighted by molar-refractivity contribution is 6.00. The number of nitrogens with zero attached hydrogens (tertiary/aromatic N) is 2. The third-order valence-corrected chi connectivity index (χ3v) is 6.23. The molecule has 2 heterocycles. The number of aryl methyl sites for hydroxylation is 1. The Morgan fingerprint density at radius 1 is 1.26 bits per heavy atom. The Bertz CT molecular complexity index is 795. The average molecular weight is 370 g/mol. The molecule has 0 unspecified atom stereocenters. The van der Waals surface area contributed by atoms with E-state index in [1.807, 2.05) is 44.5 Å². The summed E-state index contributed by atoms with van der Waals surface area (Å²) >= 11 is 0. The molecule has 4 rings (SSSR count). The van der Waals surface area contributed by atoms with Crippen LogP contribution in [0.5, 0.6) is 0 Å². The lowest BCUT2D eigenvalue weighted by atomic mass is 9.56. The van der Waals surface area contributed by atoms with Crippen LogP contribution in [-0.2, 0) is 17.7 Å². The van der Waals surface area contributed by atoms with E-state index in [1.165, 1.54) is 24.0 Å². The summed E-state index contributed by atoms with van der Waals surface area (Å²) < 4.78 is 5.46. The van der Waals surface area contributed by atoms with Crippen molar-refractivity contribution in [3.63, 3.8) is 0 Å². The van der Waals surface area contributed by atoms with Gasteiger partial charge in [0.2, 0.25) is 0 Å². The minimum Gasteiger partial charge on any atom is -0.444 e. The lowest BCUT2D eigenvalue weighted by Gasteiger charge is -2.59. The summed E-state index contributed by atoms with van der Waals surface area (Å²) in [6.07, 6.45) is 3.18. The summed E-state index contributed by atoms with van der Waals surface area (Å²) in [7, 11) is 1.88. The van der Waals surface area contributed by atoms with Crippen LogP contribution in [0, 0.1) is 18.3 Å². The molecule has 2 fully saturated rings. The fraction of sp³-hybridized carbons (Fsp3) is 0.636. The Morgan fingerprint density at radius 3 is 2.56 bits per heavy atom. The maximum Gasteiger partial charge on any atom is 0.410 e. The third kappa shape index (κ3) is 3.21. The molecule has 0 radical (unpaired) electrons. The van der Waals surface area contributed by atoms with Crippen molar-refractivity contribution in [2.45, 2.75) is 59.1 Å². The van der Waals surface area contributed by atoms with E-state index in [4.69, 9.17) is 4.74 Å². The van der Waals surface area contributed by atoms with Gasteiger partial charge in [-0.25, -0.2) is 4.79 Å². The Balaban J connectivity index is 1.34. The molecule has 146 valence electrons. The fourth-order valence-corrected chi connectivity index (χ4v) is 5.08. The van der Waals surface area contributed by atoms with E-state index in [9.17, 15) is 9.59 Å². The average Bonchev–Trinajstić information content (AvgIpc) is 2.77. The van der Waals surface area contributed by atoms with E-state index in [2.05, 4.69) is 12.1 Å². The largest absolute Gasteiger partial charge is 0.444 e. The predicted octanol–water partition coefficient (Wildman–Crippen LogP) is 3.77. The number of carbonyl (C=O) groups excluding carboxylic acids is 2. The van der Waals surface area contributed by atoms with Crippen LogP contribution in [0.1, 0.15) is 60.7 Å². The molecular weight excluding hydrogens is 340 g/mol. The van der Waals surface area contributed by atoms with Gasteiger partial charge in [0, 0.05) is 37.7 Å². The zero-order valence-electron chi connectivity index (χ0n) is 17.1. The molecule has 2 amide bonds. The standard InChI is InChI=1S/C22H30N2O3/c1-14-6-7-16(17-11-23(5)19(25)18(14)17)8-15-9-22(10-15)12-24(13-22)20(26)27-21(2,3)4/h6-7,15H,8-13H2,1-5H3. The van der Waals surface area contributed by atoms with Crippen LogP contribution < -0.4 is 0 Å². The van der Waals surface area contributed by atoms with Gasteiger partial charge in [0.05, 0.1) is 0 Å². The van der Waals surface area contributed by atoms with Crippen molar-refractivity contribution in [3.05, 3.63) is 34.4 Å². The molecule has 2 aliphatic heterocycles. The second kappa shape index (κ2) is 5.98. The van der Waals surface area contributed by atoms with Crippen LogP contribution in [0.3, 0.4) is 0 Å². The zero-order valence-corrected chi connectivity index (χ0v) is 17.1. The molecule has 0 atom stereocenters. The van der Waals surface area contributed by atoms with Gasteiger partial charge in [-0.1, -0.05) is 12.1 Å². The lowest BCUT2D eigenvalue weighted by molar-refractivity contribution is -0.0947. The smallest absolute Gasteiger partial charge is 0.410 e. The molecule has 0 N–H and O–H groups in total. The number of carbonyl (C=O) groups is 2. The zero-order chi connectivity index (χ0) is 19.6. The highest BCUT2D eigenvalue weighted by Crippen LogP contribution is 2.53. The van der Waals surface area contributed by atoms with Crippen molar-refractivity contribution in [3.8, 4) is 0 Å². The highest BCUT2D eigenvalue weighted by atomic mass is 16.6. The molecule has 0 aromatic heterocycles. The molecule has 3 aliphatic rings. The molecule has 5 heteroatoms. The van der Waals surface area contributed by atoms with Crippen molar-refractivity contribution in [1.82, 2.24) is 9.80 Å². The number of fused-ring (bicyclic) bond motifs is 1. The summed E-state index contributed by atoms with van der Waals surface area (Å²) in [5, 5.41) is 0. The van der Waals surface area contributed by atoms with Gasteiger partial charge in [0.25, 0.3) is 5.91 Å². The molecule has 1 saturated heterocycles. The van der Waals surface area contributed by atoms with E-state index in [1.54, 1.807) is 0 Å². The van der Waals surface area contributed by atoms with Gasteiger partial charge < -0.3 is 14.5 Å². The van der Waals surface area contributed by atoms with Crippen molar-refractivity contribution in [1.29, 1.82) is 0 Å². The topological polar surface area (TPSA) is 49.9 Å². The van der Waals surface area contributed by atoms with Gasteiger partial charge in [-0.15, -0.1) is 0 Å². The first-order valence-electron chi connectivity index (χ1n) is 9.92. The van der Waals surface area contributed by atoms with Crippen LogP contribution in [-0.4, -0.2) is 47.5 Å². The maximum atomic E-state index is 12.4. The summed E-state index contributed by atoms with van der Waals surface area (Å²) in [6, 6.07) is 4.30. The SMILES string of the molecule is Cc1ccc(CC2CC3(C2)CN(C(=O)OC(C)(C)C)C3)c2c1C(=O)N(C)C2. The minimum absolute atomic E-state index is 0.154. The second-order valence-corrected chi connectivity index (χ2v) is 9.87. The first-order chi connectivity index (χ1) is 12.6. The Morgan fingerprint density at radius 2 is 1.93 bits per heavy atom. The monoisotopic (exact) mass is 370 g/mol. The normalized spacial score (nSPS) is 21.1. The second-order valence-electron chi connectivity index (χ2n) is 9.87. The Kier molecular flexibility index (Phi) is 4.06. The molecule has 1 aliphatic carbocycles. The summed E-state index contributed by atoms with van der Waals surface area (Å²) in [4.78, 5) is 28.1. The molecule has 5 nitrogen and oxygen atoms in total. The van der Waals surface area contributed by atoms with Gasteiger partial charge in [0.1, 0.15) is 5.60 Å². The van der Waals surface area contributed by atoms with Crippen LogP contribution in [0.2, 0.25) is 0 Å². The van der Waals surface area contributed by atoms with Crippen molar-refractivity contribution in [2.24, 2.45) is 11.3 Å². The Hall–Kier alpha value is -2.04. The maximum absolute atomic E-state index is 12.4. The summed E-state index contributed by atoms with van der Waals surface area (Å²) in [5.74, 6) is 0.806. The van der Waals surface area contributed by atoms with Crippen LogP contribution in [0.25, 0.3) is 0 Å².